The largest absolute Gasteiger partial charge is 0.476 e. The second-order valence-corrected chi connectivity index (χ2v) is 7.84. The van der Waals surface area contributed by atoms with E-state index >= 15 is 0 Å². The van der Waals surface area contributed by atoms with Crippen molar-refractivity contribution in [2.45, 2.75) is 84.2 Å². The Labute approximate surface area is 205 Å². The molecular weight excluding hydrogens is 490 g/mol. The summed E-state index contributed by atoms with van der Waals surface area (Å²) in [5.41, 5.74) is 0. The van der Waals surface area contributed by atoms with E-state index in [1.807, 2.05) is 0 Å². The molecule has 1 amide bonds. The van der Waals surface area contributed by atoms with Gasteiger partial charge in [0.25, 0.3) is 0 Å². The summed E-state index contributed by atoms with van der Waals surface area (Å²) in [6.07, 6.45) is -7.37. The van der Waals surface area contributed by atoms with Gasteiger partial charge in [-0.3, -0.25) is 28.8 Å². The highest BCUT2D eigenvalue weighted by molar-refractivity contribution is 5.80. The van der Waals surface area contributed by atoms with Crippen LogP contribution < -0.4 is 5.32 Å². The van der Waals surface area contributed by atoms with Crippen LogP contribution in [-0.2, 0) is 62.0 Å². The van der Waals surface area contributed by atoms with Gasteiger partial charge < -0.3 is 38.8 Å². The van der Waals surface area contributed by atoms with Gasteiger partial charge in [0, 0.05) is 41.5 Å². The Kier molecular flexibility index (Phi) is 10.8. The van der Waals surface area contributed by atoms with E-state index in [1.165, 1.54) is 0 Å². The van der Waals surface area contributed by atoms with Crippen molar-refractivity contribution in [2.75, 3.05) is 6.61 Å². The van der Waals surface area contributed by atoms with Crippen molar-refractivity contribution in [3.05, 3.63) is 0 Å². The van der Waals surface area contributed by atoms with Crippen molar-refractivity contribution >= 4 is 41.7 Å². The molecule has 1 rings (SSSR count). The molecule has 15 heteroatoms. The molecule has 0 aromatic rings. The second-order valence-electron chi connectivity index (χ2n) is 7.84. The van der Waals surface area contributed by atoms with Crippen molar-refractivity contribution in [1.29, 1.82) is 0 Å². The van der Waals surface area contributed by atoms with Crippen LogP contribution in [0.3, 0.4) is 0 Å². The molecule has 1 saturated heterocycles. The normalized spacial score (nSPS) is 24.8. The summed E-state index contributed by atoms with van der Waals surface area (Å²) in [6, 6.07) is -1.41. The highest BCUT2D eigenvalue weighted by atomic mass is 16.7. The molecule has 1 heterocycles. The molecule has 0 aromatic heterocycles. The number of amides is 1. The maximum absolute atomic E-state index is 12.2. The summed E-state index contributed by atoms with van der Waals surface area (Å²) < 4.78 is 31.1. The number of carbonyl (C=O) groups excluding carboxylic acids is 6. The lowest BCUT2D eigenvalue weighted by atomic mass is 9.88. The van der Waals surface area contributed by atoms with E-state index in [0.29, 0.717) is 0 Å². The molecule has 1 aliphatic rings. The van der Waals surface area contributed by atoms with Crippen molar-refractivity contribution in [3.8, 4) is 0 Å². The lowest BCUT2D eigenvalue weighted by Gasteiger charge is -2.47. The summed E-state index contributed by atoms with van der Waals surface area (Å²) in [4.78, 5) is 83.0. The van der Waals surface area contributed by atoms with Gasteiger partial charge in [0.05, 0.1) is 12.5 Å². The monoisotopic (exact) mass is 519 g/mol. The van der Waals surface area contributed by atoms with E-state index in [4.69, 9.17) is 28.4 Å². The molecule has 202 valence electrons. The van der Waals surface area contributed by atoms with Gasteiger partial charge in [0.15, 0.2) is 12.2 Å². The predicted molar refractivity (Wildman–Crippen MR) is 113 cm³/mol. The fraction of sp³-hybridized carbons (Fsp3) is 0.667. The van der Waals surface area contributed by atoms with Gasteiger partial charge in [-0.1, -0.05) is 0 Å². The molecule has 15 nitrogen and oxygen atoms in total. The second kappa shape index (κ2) is 12.8. The predicted octanol–water partition coefficient (Wildman–Crippen LogP) is -1.02. The van der Waals surface area contributed by atoms with E-state index in [0.717, 1.165) is 41.5 Å². The minimum absolute atomic E-state index is 0.675. The highest BCUT2D eigenvalue weighted by Gasteiger charge is 2.60. The average Bonchev–Trinajstić information content (AvgIpc) is 2.69. The number of aliphatic carboxylic acids is 1. The van der Waals surface area contributed by atoms with Crippen molar-refractivity contribution in [2.24, 2.45) is 0 Å². The number of carboxylic acids is 1. The van der Waals surface area contributed by atoms with Crippen LogP contribution in [0.25, 0.3) is 0 Å². The number of esters is 5. The van der Waals surface area contributed by atoms with Crippen LogP contribution in [0, 0.1) is 0 Å². The lowest BCUT2D eigenvalue weighted by molar-refractivity contribution is -0.303. The maximum atomic E-state index is 12.2. The Bertz CT molecular complexity index is 901. The average molecular weight is 519 g/mol. The summed E-state index contributed by atoms with van der Waals surface area (Å²) >= 11 is 0. The van der Waals surface area contributed by atoms with Crippen LogP contribution in [-0.4, -0.2) is 89.7 Å². The van der Waals surface area contributed by atoms with Gasteiger partial charge in [0.1, 0.15) is 18.8 Å². The number of carbonyl (C=O) groups is 7. The molecule has 0 saturated carbocycles. The summed E-state index contributed by atoms with van der Waals surface area (Å²) in [5, 5.41) is 12.3. The molecule has 1 fully saturated rings. The van der Waals surface area contributed by atoms with Crippen LogP contribution in [0.15, 0.2) is 0 Å². The zero-order valence-corrected chi connectivity index (χ0v) is 20.6. The zero-order chi connectivity index (χ0) is 27.8. The number of hydrogen-bond acceptors (Lipinski definition) is 13. The highest BCUT2D eigenvalue weighted by Crippen LogP contribution is 2.36. The van der Waals surface area contributed by atoms with E-state index in [9.17, 15) is 38.7 Å². The smallest absolute Gasteiger partial charge is 0.377 e. The van der Waals surface area contributed by atoms with Crippen molar-refractivity contribution < 1.29 is 67.1 Å². The fourth-order valence-corrected chi connectivity index (χ4v) is 3.59. The van der Waals surface area contributed by atoms with Gasteiger partial charge in [-0.2, -0.15) is 0 Å². The molecule has 0 unspecified atom stereocenters. The van der Waals surface area contributed by atoms with Crippen LogP contribution in [0.1, 0.15) is 48.0 Å². The summed E-state index contributed by atoms with van der Waals surface area (Å²) in [6.45, 7) is 5.35. The van der Waals surface area contributed by atoms with Crippen LogP contribution in [0.4, 0.5) is 0 Å². The number of nitrogens with one attached hydrogen (secondary N) is 1. The minimum atomic E-state index is -2.77. The maximum Gasteiger partial charge on any atom is 0.377 e. The van der Waals surface area contributed by atoms with Crippen LogP contribution >= 0.6 is 0 Å². The van der Waals surface area contributed by atoms with E-state index in [2.05, 4.69) is 5.32 Å². The SMILES string of the molecule is CC(=O)N[C@H]1[C@H]([C@H](OC(C)=O)[C@@H](COC(C)=O)OC(C)=O)O[C@](OC(C)=O)(C(=O)O)C[C@@H]1OC(C)=O. The molecular formula is C21H29NO14. The first kappa shape index (κ1) is 30.3. The van der Waals surface area contributed by atoms with Gasteiger partial charge in [0.2, 0.25) is 5.91 Å². The number of hydrogen-bond donors (Lipinski definition) is 2. The number of ether oxygens (including phenoxy) is 6. The lowest BCUT2D eigenvalue weighted by Crippen LogP contribution is -2.69. The van der Waals surface area contributed by atoms with E-state index in [-0.39, 0.29) is 0 Å². The van der Waals surface area contributed by atoms with Crippen LogP contribution in [0.2, 0.25) is 0 Å². The Balaban J connectivity index is 3.78. The van der Waals surface area contributed by atoms with Gasteiger partial charge >= 0.3 is 41.6 Å². The first-order chi connectivity index (χ1) is 16.6. The number of rotatable bonds is 10. The van der Waals surface area contributed by atoms with Crippen LogP contribution in [0.5, 0.6) is 0 Å². The van der Waals surface area contributed by atoms with Crippen molar-refractivity contribution in [3.63, 3.8) is 0 Å². The summed E-state index contributed by atoms with van der Waals surface area (Å²) in [5.74, 6) is -9.92. The third-order valence-electron chi connectivity index (χ3n) is 4.63. The minimum Gasteiger partial charge on any atom is -0.476 e. The molecule has 2 N–H and O–H groups in total. The topological polar surface area (TPSA) is 207 Å². The molecule has 36 heavy (non-hydrogen) atoms. The molecule has 0 aliphatic carbocycles. The Morgan fingerprint density at radius 2 is 1.47 bits per heavy atom. The molecule has 0 aromatic carbocycles. The number of carboxylic acid groups (broad SMARTS) is 1. The summed E-state index contributed by atoms with van der Waals surface area (Å²) in [7, 11) is 0. The molecule has 0 radical (unpaired) electrons. The first-order valence-corrected chi connectivity index (χ1v) is 10.6. The van der Waals surface area contributed by atoms with Gasteiger partial charge in [-0.15, -0.1) is 0 Å². The molecule has 1 aliphatic heterocycles. The molecule has 0 spiro atoms. The Morgan fingerprint density at radius 1 is 0.889 bits per heavy atom. The van der Waals surface area contributed by atoms with Gasteiger partial charge in [-0.25, -0.2) is 4.79 Å². The van der Waals surface area contributed by atoms with Crippen molar-refractivity contribution in [1.82, 2.24) is 5.32 Å². The van der Waals surface area contributed by atoms with E-state index in [1.54, 1.807) is 0 Å². The fourth-order valence-electron chi connectivity index (χ4n) is 3.59. The molecule has 0 bridgehead atoms. The first-order valence-electron chi connectivity index (χ1n) is 10.6. The quantitative estimate of drug-likeness (QED) is 0.262. The Hall–Kier alpha value is -3.75. The standard InChI is InChI=1S/C21H29NO14/c1-9(23)22-17-15(32-11(3)25)7-21(20(29)30,35-14(6)28)36-19(17)18(34-13(5)27)16(33-12(4)26)8-31-10(2)24/h15-19H,7-8H2,1-6H3,(H,22,23)(H,29,30)/t15-,16+,17+,18+,19+,21-/m0/s1. The molecule has 6 atom stereocenters. The van der Waals surface area contributed by atoms with Gasteiger partial charge in [-0.05, 0) is 0 Å². The van der Waals surface area contributed by atoms with E-state index < -0.39 is 91.0 Å². The third kappa shape index (κ3) is 8.79. The Morgan fingerprint density at radius 3 is 1.89 bits per heavy atom. The zero-order valence-electron chi connectivity index (χ0n) is 20.6. The third-order valence-corrected chi connectivity index (χ3v) is 4.63.